The number of azide groups is 1. The molecule has 1 fully saturated rings. The van der Waals surface area contributed by atoms with Gasteiger partial charge in [-0.25, -0.2) is 0 Å². The lowest BCUT2D eigenvalue weighted by Gasteiger charge is -2.16. The van der Waals surface area contributed by atoms with Gasteiger partial charge in [-0.05, 0) is 35.7 Å². The number of anilines is 1. The lowest BCUT2D eigenvalue weighted by molar-refractivity contribution is -0.117. The number of rotatable bonds is 3. The van der Waals surface area contributed by atoms with E-state index in [0.717, 1.165) is 5.69 Å². The van der Waals surface area contributed by atoms with Crippen molar-refractivity contribution in [3.05, 3.63) is 34.7 Å². The zero-order valence-electron chi connectivity index (χ0n) is 9.15. The summed E-state index contributed by atoms with van der Waals surface area (Å²) in [6.45, 7) is 0.902. The highest BCUT2D eigenvalue weighted by molar-refractivity contribution is 5.95. The summed E-state index contributed by atoms with van der Waals surface area (Å²) in [6.07, 6.45) is 0.403. The first-order chi connectivity index (χ1) is 8.20. The van der Waals surface area contributed by atoms with Crippen molar-refractivity contribution in [2.24, 2.45) is 11.0 Å². The molecule has 1 aliphatic heterocycles. The molecule has 6 nitrogen and oxygen atoms in total. The van der Waals surface area contributed by atoms with Crippen LogP contribution in [0.3, 0.4) is 0 Å². The molecule has 17 heavy (non-hydrogen) atoms. The summed E-state index contributed by atoms with van der Waals surface area (Å²) >= 11 is 0. The number of phenols is 1. The van der Waals surface area contributed by atoms with Gasteiger partial charge in [0.25, 0.3) is 0 Å². The van der Waals surface area contributed by atoms with E-state index in [1.165, 1.54) is 0 Å². The molecule has 1 aromatic carbocycles. The summed E-state index contributed by atoms with van der Waals surface area (Å²) in [4.78, 5) is 16.1. The van der Waals surface area contributed by atoms with E-state index in [9.17, 15) is 9.90 Å². The third kappa shape index (κ3) is 2.49. The van der Waals surface area contributed by atoms with Crippen molar-refractivity contribution in [3.63, 3.8) is 0 Å². The molecule has 1 aromatic rings. The Labute approximate surface area is 98.1 Å². The van der Waals surface area contributed by atoms with Crippen LogP contribution in [0.25, 0.3) is 10.4 Å². The van der Waals surface area contributed by atoms with Gasteiger partial charge >= 0.3 is 0 Å². The van der Waals surface area contributed by atoms with Gasteiger partial charge in [0.2, 0.25) is 5.91 Å². The van der Waals surface area contributed by atoms with Crippen LogP contribution in [0.4, 0.5) is 5.69 Å². The average molecular weight is 232 g/mol. The Hall–Kier alpha value is -2.20. The van der Waals surface area contributed by atoms with Crippen LogP contribution in [0.1, 0.15) is 6.42 Å². The fourth-order valence-electron chi connectivity index (χ4n) is 1.94. The quantitative estimate of drug-likeness (QED) is 0.491. The standard InChI is InChI=1S/C11H12N4O2/c12-14-13-6-8-5-11(17)15(7-8)9-1-3-10(16)4-2-9/h1-4,8,16H,5-7H2. The predicted molar refractivity (Wildman–Crippen MR) is 62.6 cm³/mol. The minimum absolute atomic E-state index is 0.0221. The molecule has 1 atom stereocenters. The molecule has 0 bridgehead atoms. The summed E-state index contributed by atoms with van der Waals surface area (Å²) in [7, 11) is 0. The summed E-state index contributed by atoms with van der Waals surface area (Å²) in [5, 5.41) is 12.7. The predicted octanol–water partition coefficient (Wildman–Crippen LogP) is 2.06. The van der Waals surface area contributed by atoms with Gasteiger partial charge in [-0.2, -0.15) is 0 Å². The van der Waals surface area contributed by atoms with Crippen LogP contribution in [0, 0.1) is 5.92 Å². The topological polar surface area (TPSA) is 89.3 Å². The fourth-order valence-corrected chi connectivity index (χ4v) is 1.94. The van der Waals surface area contributed by atoms with Crippen molar-refractivity contribution >= 4 is 11.6 Å². The Morgan fingerprint density at radius 2 is 2.18 bits per heavy atom. The monoisotopic (exact) mass is 232 g/mol. The van der Waals surface area contributed by atoms with Gasteiger partial charge in [0.15, 0.2) is 0 Å². The van der Waals surface area contributed by atoms with E-state index < -0.39 is 0 Å². The van der Waals surface area contributed by atoms with Gasteiger partial charge in [0.05, 0.1) is 0 Å². The number of phenolic OH excluding ortho intramolecular Hbond substituents is 1. The lowest BCUT2D eigenvalue weighted by atomic mass is 10.1. The van der Waals surface area contributed by atoms with Crippen molar-refractivity contribution in [2.75, 3.05) is 18.0 Å². The maximum absolute atomic E-state index is 11.8. The molecule has 2 rings (SSSR count). The maximum Gasteiger partial charge on any atom is 0.227 e. The summed E-state index contributed by atoms with van der Waals surface area (Å²) in [6, 6.07) is 6.49. The van der Waals surface area contributed by atoms with E-state index in [2.05, 4.69) is 10.0 Å². The first kappa shape index (κ1) is 11.3. The van der Waals surface area contributed by atoms with Gasteiger partial charge in [-0.15, -0.1) is 0 Å². The van der Waals surface area contributed by atoms with Crippen molar-refractivity contribution in [3.8, 4) is 5.75 Å². The minimum Gasteiger partial charge on any atom is -0.508 e. The van der Waals surface area contributed by atoms with Crippen LogP contribution >= 0.6 is 0 Å². The molecular formula is C11H12N4O2. The van der Waals surface area contributed by atoms with Gasteiger partial charge in [-0.1, -0.05) is 5.11 Å². The van der Waals surface area contributed by atoms with E-state index in [0.29, 0.717) is 19.5 Å². The largest absolute Gasteiger partial charge is 0.508 e. The van der Waals surface area contributed by atoms with Crippen molar-refractivity contribution in [1.29, 1.82) is 0 Å². The van der Waals surface area contributed by atoms with E-state index >= 15 is 0 Å². The van der Waals surface area contributed by atoms with E-state index in [1.807, 2.05) is 0 Å². The molecule has 1 unspecified atom stereocenters. The molecule has 88 valence electrons. The SMILES string of the molecule is [N-]=[N+]=NCC1CC(=O)N(c2ccc(O)cc2)C1. The molecule has 1 N–H and O–H groups in total. The van der Waals surface area contributed by atoms with Crippen molar-refractivity contribution in [2.45, 2.75) is 6.42 Å². The fraction of sp³-hybridized carbons (Fsp3) is 0.364. The van der Waals surface area contributed by atoms with Crippen LogP contribution in [0.5, 0.6) is 5.75 Å². The highest BCUT2D eigenvalue weighted by atomic mass is 16.3. The number of carbonyl (C=O) groups excluding carboxylic acids is 1. The molecule has 1 heterocycles. The van der Waals surface area contributed by atoms with Crippen LogP contribution in [0.2, 0.25) is 0 Å². The Bertz CT molecular complexity index is 465. The Morgan fingerprint density at radius 1 is 1.47 bits per heavy atom. The third-order valence-corrected chi connectivity index (χ3v) is 2.77. The zero-order chi connectivity index (χ0) is 12.3. The van der Waals surface area contributed by atoms with Gasteiger partial charge in [-0.3, -0.25) is 4.79 Å². The van der Waals surface area contributed by atoms with Crippen LogP contribution in [-0.4, -0.2) is 24.1 Å². The van der Waals surface area contributed by atoms with Crippen molar-refractivity contribution < 1.29 is 9.90 Å². The summed E-state index contributed by atoms with van der Waals surface area (Å²) in [5.74, 6) is 0.270. The first-order valence-electron chi connectivity index (χ1n) is 5.31. The zero-order valence-corrected chi connectivity index (χ0v) is 9.15. The molecule has 1 amide bonds. The van der Waals surface area contributed by atoms with Crippen molar-refractivity contribution in [1.82, 2.24) is 0 Å². The molecular weight excluding hydrogens is 220 g/mol. The number of hydrogen-bond acceptors (Lipinski definition) is 3. The first-order valence-corrected chi connectivity index (χ1v) is 5.31. The lowest BCUT2D eigenvalue weighted by Crippen LogP contribution is -2.24. The molecule has 1 aliphatic rings. The number of hydrogen-bond donors (Lipinski definition) is 1. The second kappa shape index (κ2) is 4.76. The highest BCUT2D eigenvalue weighted by Crippen LogP contribution is 2.26. The Morgan fingerprint density at radius 3 is 2.82 bits per heavy atom. The summed E-state index contributed by atoms with van der Waals surface area (Å²) in [5.41, 5.74) is 9.00. The summed E-state index contributed by atoms with van der Waals surface area (Å²) < 4.78 is 0. The normalized spacial score (nSPS) is 19.2. The number of carbonyl (C=O) groups is 1. The second-order valence-electron chi connectivity index (χ2n) is 4.00. The van der Waals surface area contributed by atoms with Gasteiger partial charge in [0, 0.05) is 30.1 Å². The molecule has 0 spiro atoms. The molecule has 0 saturated carbocycles. The molecule has 0 aliphatic carbocycles. The van der Waals surface area contributed by atoms with E-state index in [4.69, 9.17) is 5.53 Å². The average Bonchev–Trinajstić information content (AvgIpc) is 2.69. The van der Waals surface area contributed by atoms with Crippen LogP contribution < -0.4 is 4.90 Å². The molecule has 0 aromatic heterocycles. The van der Waals surface area contributed by atoms with E-state index in [1.54, 1.807) is 29.2 Å². The second-order valence-corrected chi connectivity index (χ2v) is 4.00. The van der Waals surface area contributed by atoms with Gasteiger partial charge < -0.3 is 10.0 Å². The number of benzene rings is 1. The minimum atomic E-state index is 0.0221. The van der Waals surface area contributed by atoms with Crippen LogP contribution in [-0.2, 0) is 4.79 Å². The third-order valence-electron chi connectivity index (χ3n) is 2.77. The Kier molecular flexibility index (Phi) is 3.16. The smallest absolute Gasteiger partial charge is 0.227 e. The van der Waals surface area contributed by atoms with Crippen LogP contribution in [0.15, 0.2) is 29.4 Å². The highest BCUT2D eigenvalue weighted by Gasteiger charge is 2.29. The van der Waals surface area contributed by atoms with E-state index in [-0.39, 0.29) is 17.6 Å². The molecule has 0 radical (unpaired) electrons. The van der Waals surface area contributed by atoms with Gasteiger partial charge in [0.1, 0.15) is 5.75 Å². The molecule has 6 heteroatoms. The maximum atomic E-state index is 11.8. The number of nitrogens with zero attached hydrogens (tertiary/aromatic N) is 4. The number of amides is 1. The number of aromatic hydroxyl groups is 1. The molecule has 1 saturated heterocycles. The Balaban J connectivity index is 2.10.